The van der Waals surface area contributed by atoms with Crippen LogP contribution in [0, 0.1) is 18.8 Å². The lowest BCUT2D eigenvalue weighted by Gasteiger charge is -2.31. The Labute approximate surface area is 141 Å². The maximum Gasteiger partial charge on any atom is 0.0611 e. The van der Waals surface area contributed by atoms with Crippen LogP contribution < -0.4 is 0 Å². The van der Waals surface area contributed by atoms with E-state index in [2.05, 4.69) is 79.3 Å². The minimum atomic E-state index is 0.451. The molecule has 0 N–H and O–H groups in total. The summed E-state index contributed by atoms with van der Waals surface area (Å²) in [6, 6.07) is 2.30. The van der Waals surface area contributed by atoms with E-state index in [1.54, 1.807) is 0 Å². The third-order valence-electron chi connectivity index (χ3n) is 4.73. The number of hydrogen-bond acceptors (Lipinski definition) is 2. The van der Waals surface area contributed by atoms with Crippen molar-refractivity contribution >= 4 is 17.3 Å². The van der Waals surface area contributed by atoms with Crippen molar-refractivity contribution in [2.24, 2.45) is 11.8 Å². The lowest BCUT2D eigenvalue weighted by atomic mass is 9.83. The zero-order valence-electron chi connectivity index (χ0n) is 15.4. The average molecular weight is 318 g/mol. The smallest absolute Gasteiger partial charge is 0.0611 e. The fraction of sp³-hybridized carbons (Fsp3) is 0.650. The summed E-state index contributed by atoms with van der Waals surface area (Å²) in [5.41, 5.74) is 6.86. The summed E-state index contributed by atoms with van der Waals surface area (Å²) in [6.07, 6.45) is 2.51. The van der Waals surface area contributed by atoms with Crippen LogP contribution in [0.5, 0.6) is 0 Å². The molecule has 0 aliphatic carbocycles. The van der Waals surface area contributed by atoms with Crippen LogP contribution >= 0.6 is 11.8 Å². The maximum atomic E-state index is 4.97. The van der Waals surface area contributed by atoms with Gasteiger partial charge in [-0.15, -0.1) is 11.8 Å². The van der Waals surface area contributed by atoms with Gasteiger partial charge in [0, 0.05) is 21.8 Å². The highest BCUT2D eigenvalue weighted by molar-refractivity contribution is 8.00. The van der Waals surface area contributed by atoms with Crippen molar-refractivity contribution in [2.75, 3.05) is 0 Å². The largest absolute Gasteiger partial charge is 0.256 e. The van der Waals surface area contributed by atoms with Crippen LogP contribution in [-0.2, 0) is 0 Å². The third-order valence-corrected chi connectivity index (χ3v) is 6.22. The van der Waals surface area contributed by atoms with E-state index in [1.807, 2.05) is 0 Å². The van der Waals surface area contributed by atoms with Crippen LogP contribution in [0.3, 0.4) is 0 Å². The molecule has 0 spiro atoms. The Morgan fingerprint density at radius 3 is 2.23 bits per heavy atom. The van der Waals surface area contributed by atoms with E-state index in [0.717, 1.165) is 5.69 Å². The van der Waals surface area contributed by atoms with Crippen molar-refractivity contribution in [3.8, 4) is 0 Å². The predicted molar refractivity (Wildman–Crippen MR) is 101 cm³/mol. The molecule has 1 aromatic rings. The number of thioether (sulfide) groups is 1. The fourth-order valence-corrected chi connectivity index (χ4v) is 4.55. The first-order valence-corrected chi connectivity index (χ1v) is 9.55. The summed E-state index contributed by atoms with van der Waals surface area (Å²) in [6.45, 7) is 18.4. The fourth-order valence-electron chi connectivity index (χ4n) is 3.28. The monoisotopic (exact) mass is 317 g/mol. The number of rotatable bonds is 2. The van der Waals surface area contributed by atoms with Gasteiger partial charge in [-0.2, -0.15) is 0 Å². The normalized spacial score (nSPS) is 28.1. The summed E-state index contributed by atoms with van der Waals surface area (Å²) in [7, 11) is 0. The van der Waals surface area contributed by atoms with Gasteiger partial charge < -0.3 is 0 Å². The summed E-state index contributed by atoms with van der Waals surface area (Å²) in [4.78, 5) is 4.97. The minimum absolute atomic E-state index is 0.451. The molecule has 0 saturated heterocycles. The van der Waals surface area contributed by atoms with Gasteiger partial charge in [-0.25, -0.2) is 0 Å². The number of allylic oxidation sites excluding steroid dienone is 2. The van der Waals surface area contributed by atoms with Gasteiger partial charge in [-0.3, -0.25) is 4.98 Å². The topological polar surface area (TPSA) is 12.9 Å². The number of aryl methyl sites for hydroxylation is 1. The minimum Gasteiger partial charge on any atom is -0.256 e. The molecule has 0 unspecified atom stereocenters. The van der Waals surface area contributed by atoms with Crippen molar-refractivity contribution < 1.29 is 0 Å². The van der Waals surface area contributed by atoms with E-state index >= 15 is 0 Å². The van der Waals surface area contributed by atoms with Gasteiger partial charge >= 0.3 is 0 Å². The summed E-state index contributed by atoms with van der Waals surface area (Å²) < 4.78 is 0. The van der Waals surface area contributed by atoms with Crippen LogP contribution in [0.2, 0.25) is 0 Å². The van der Waals surface area contributed by atoms with Crippen molar-refractivity contribution in [2.45, 2.75) is 71.8 Å². The van der Waals surface area contributed by atoms with Crippen LogP contribution in [0.25, 0.3) is 5.57 Å². The number of fused-ring (bicyclic) bond motifs is 1. The highest BCUT2D eigenvalue weighted by Gasteiger charge is 2.28. The molecule has 0 saturated carbocycles. The van der Waals surface area contributed by atoms with Gasteiger partial charge in [0.25, 0.3) is 0 Å². The zero-order chi connectivity index (χ0) is 16.6. The number of nitrogens with zero attached hydrogens (tertiary/aromatic N) is 1. The molecule has 0 amide bonds. The summed E-state index contributed by atoms with van der Waals surface area (Å²) in [5.74, 6) is 1.66. The van der Waals surface area contributed by atoms with Crippen molar-refractivity contribution in [3.63, 3.8) is 0 Å². The highest BCUT2D eigenvalue weighted by Crippen LogP contribution is 2.44. The zero-order valence-corrected chi connectivity index (χ0v) is 16.2. The predicted octanol–water partition coefficient (Wildman–Crippen LogP) is 6.39. The van der Waals surface area contributed by atoms with Gasteiger partial charge in [-0.05, 0) is 48.8 Å². The summed E-state index contributed by atoms with van der Waals surface area (Å²) in [5, 5.41) is 1.08. The van der Waals surface area contributed by atoms with Gasteiger partial charge in [0.05, 0.1) is 5.69 Å². The van der Waals surface area contributed by atoms with Crippen LogP contribution in [0.4, 0.5) is 0 Å². The Kier molecular flexibility index (Phi) is 5.42. The first-order chi connectivity index (χ1) is 10.2. The quantitative estimate of drug-likeness (QED) is 0.627. The molecule has 1 aliphatic heterocycles. The Bertz CT molecular complexity index is 571. The molecule has 3 atom stereocenters. The van der Waals surface area contributed by atoms with E-state index in [9.17, 15) is 0 Å². The maximum absolute atomic E-state index is 4.97. The second-order valence-corrected chi connectivity index (χ2v) is 9.11. The third kappa shape index (κ3) is 3.42. The van der Waals surface area contributed by atoms with Crippen LogP contribution in [0.1, 0.15) is 82.1 Å². The molecule has 0 fully saturated rings. The first kappa shape index (κ1) is 17.6. The lowest BCUT2D eigenvalue weighted by molar-refractivity contribution is 0.697. The standard InChI is InChI=1S/C20H31NS/c1-11(2)17-9-13(5)15(7)22-16(8)20-19(17)18(12(3)4)10-14(6)21-20/h9-13,15-16H,1-8H3/b17-9-/t13-,15-,16+/m1/s1. The van der Waals surface area contributed by atoms with E-state index < -0.39 is 0 Å². The van der Waals surface area contributed by atoms with Crippen molar-refractivity contribution in [1.29, 1.82) is 0 Å². The Morgan fingerprint density at radius 1 is 1.05 bits per heavy atom. The Hall–Kier alpha value is -0.760. The number of pyridine rings is 1. The van der Waals surface area contributed by atoms with E-state index in [1.165, 1.54) is 22.4 Å². The molecule has 122 valence electrons. The van der Waals surface area contributed by atoms with Crippen molar-refractivity contribution in [1.82, 2.24) is 4.98 Å². The van der Waals surface area contributed by atoms with E-state index in [4.69, 9.17) is 4.98 Å². The van der Waals surface area contributed by atoms with Crippen LogP contribution in [-0.4, -0.2) is 10.2 Å². The number of hydrogen-bond donors (Lipinski definition) is 0. The Balaban J connectivity index is 2.78. The number of aromatic nitrogens is 1. The van der Waals surface area contributed by atoms with E-state index in [-0.39, 0.29) is 0 Å². The SMILES string of the molecule is Cc1cc(C(C)C)c2c(n1)[C@H](C)S[C@H](C)[C@H](C)/C=C\2C(C)C. The lowest BCUT2D eigenvalue weighted by Crippen LogP contribution is -2.18. The second kappa shape index (κ2) is 6.78. The molecule has 0 aromatic carbocycles. The first-order valence-electron chi connectivity index (χ1n) is 8.61. The molecule has 1 aromatic heterocycles. The molecule has 2 rings (SSSR count). The van der Waals surface area contributed by atoms with Gasteiger partial charge in [0.2, 0.25) is 0 Å². The molecule has 0 radical (unpaired) electrons. The molecular formula is C20H31NS. The van der Waals surface area contributed by atoms with Gasteiger partial charge in [-0.1, -0.05) is 47.6 Å². The Morgan fingerprint density at radius 2 is 1.68 bits per heavy atom. The molecular weight excluding hydrogens is 286 g/mol. The second-order valence-electron chi connectivity index (χ2n) is 7.39. The average Bonchev–Trinajstić information content (AvgIpc) is 2.42. The van der Waals surface area contributed by atoms with Crippen molar-refractivity contribution in [3.05, 3.63) is 34.7 Å². The van der Waals surface area contributed by atoms with Gasteiger partial charge in [0.15, 0.2) is 0 Å². The van der Waals surface area contributed by atoms with Crippen LogP contribution in [0.15, 0.2) is 12.1 Å². The molecule has 1 aliphatic rings. The molecule has 1 nitrogen and oxygen atoms in total. The molecule has 22 heavy (non-hydrogen) atoms. The molecule has 2 heteroatoms. The highest BCUT2D eigenvalue weighted by atomic mass is 32.2. The molecule has 2 heterocycles. The van der Waals surface area contributed by atoms with E-state index in [0.29, 0.717) is 28.3 Å². The van der Waals surface area contributed by atoms with Gasteiger partial charge in [0.1, 0.15) is 0 Å². The summed E-state index contributed by atoms with van der Waals surface area (Å²) >= 11 is 2.06. The molecule has 0 bridgehead atoms.